The minimum Gasteiger partial charge on any atom is -0.497 e. The molecule has 3 rings (SSSR count). The third-order valence-electron chi connectivity index (χ3n) is 4.54. The molecule has 0 atom stereocenters. The lowest BCUT2D eigenvalue weighted by Gasteiger charge is -2.17. The maximum absolute atomic E-state index is 13.2. The summed E-state index contributed by atoms with van der Waals surface area (Å²) in [5, 5.41) is 3.80. The Labute approximate surface area is 185 Å². The second kappa shape index (κ2) is 8.98. The molecule has 2 aromatic carbocycles. The van der Waals surface area contributed by atoms with E-state index in [1.54, 1.807) is 36.4 Å². The number of carbonyl (C=O) groups excluding carboxylic acids is 2. The van der Waals surface area contributed by atoms with E-state index in [9.17, 15) is 9.59 Å². The van der Waals surface area contributed by atoms with Crippen LogP contribution in [0.1, 0.15) is 19.4 Å². The molecule has 0 spiro atoms. The van der Waals surface area contributed by atoms with Crippen LogP contribution in [0.3, 0.4) is 0 Å². The first kappa shape index (κ1) is 22.0. The topological polar surface area (TPSA) is 67.9 Å². The van der Waals surface area contributed by atoms with Crippen molar-refractivity contribution in [3.63, 3.8) is 0 Å². The highest BCUT2D eigenvalue weighted by Crippen LogP contribution is 2.36. The molecule has 1 N–H and O–H groups in total. The summed E-state index contributed by atoms with van der Waals surface area (Å²) in [5.74, 6) is 0.363. The van der Waals surface area contributed by atoms with Crippen LogP contribution in [0.4, 0.5) is 5.69 Å². The number of nitrogens with one attached hydrogen (secondary N) is 1. The van der Waals surface area contributed by atoms with E-state index < -0.39 is 11.8 Å². The number of carbonyl (C=O) groups is 2. The van der Waals surface area contributed by atoms with Gasteiger partial charge in [0.05, 0.1) is 24.8 Å². The maximum atomic E-state index is 13.2. The van der Waals surface area contributed by atoms with Gasteiger partial charge in [0, 0.05) is 41.0 Å². The van der Waals surface area contributed by atoms with E-state index in [1.165, 1.54) is 19.1 Å². The van der Waals surface area contributed by atoms with Crippen LogP contribution in [-0.2, 0) is 9.59 Å². The zero-order chi connectivity index (χ0) is 22.0. The van der Waals surface area contributed by atoms with Gasteiger partial charge in [0.2, 0.25) is 0 Å². The van der Waals surface area contributed by atoms with Gasteiger partial charge in [0.25, 0.3) is 11.8 Å². The number of imide groups is 1. The first-order valence-corrected chi connectivity index (χ1v) is 10.1. The summed E-state index contributed by atoms with van der Waals surface area (Å²) in [5.41, 5.74) is 1.31. The number of amides is 2. The van der Waals surface area contributed by atoms with Gasteiger partial charge >= 0.3 is 0 Å². The molecule has 0 saturated heterocycles. The molecule has 6 nitrogen and oxygen atoms in total. The summed E-state index contributed by atoms with van der Waals surface area (Å²) in [4.78, 5) is 27.6. The van der Waals surface area contributed by atoms with Gasteiger partial charge in [-0.25, -0.2) is 0 Å². The lowest BCUT2D eigenvalue weighted by molar-refractivity contribution is -0.137. The molecule has 2 aromatic rings. The van der Waals surface area contributed by atoms with Gasteiger partial charge < -0.3 is 14.8 Å². The Hall–Kier alpha value is -2.70. The average molecular weight is 449 g/mol. The average Bonchev–Trinajstić information content (AvgIpc) is 2.92. The molecular formula is C22H22Cl2N2O4. The monoisotopic (exact) mass is 448 g/mol. The third-order valence-corrected chi connectivity index (χ3v) is 5.08. The number of ether oxygens (including phenoxy) is 2. The number of nitrogens with zero attached hydrogens (tertiary/aromatic N) is 1. The van der Waals surface area contributed by atoms with E-state index in [2.05, 4.69) is 5.32 Å². The van der Waals surface area contributed by atoms with Crippen LogP contribution in [0.2, 0.25) is 10.0 Å². The van der Waals surface area contributed by atoms with Crippen LogP contribution in [0, 0.1) is 5.92 Å². The van der Waals surface area contributed by atoms with Gasteiger partial charge in [0.1, 0.15) is 17.2 Å². The molecule has 8 heteroatoms. The van der Waals surface area contributed by atoms with E-state index in [1.807, 2.05) is 13.8 Å². The number of halogens is 2. The van der Waals surface area contributed by atoms with Crippen molar-refractivity contribution in [2.24, 2.45) is 5.92 Å². The van der Waals surface area contributed by atoms with Gasteiger partial charge in [-0.2, -0.15) is 0 Å². The molecule has 1 aliphatic heterocycles. The number of hydrogen-bond donors (Lipinski definition) is 1. The minimum absolute atomic E-state index is 0.108. The summed E-state index contributed by atoms with van der Waals surface area (Å²) in [6.45, 7) is 4.17. The van der Waals surface area contributed by atoms with Crippen LogP contribution in [0.15, 0.2) is 42.1 Å². The van der Waals surface area contributed by atoms with Crippen LogP contribution >= 0.6 is 23.2 Å². The highest BCUT2D eigenvalue weighted by atomic mass is 35.5. The number of benzene rings is 2. The minimum atomic E-state index is -0.420. The molecule has 30 heavy (non-hydrogen) atoms. The number of anilines is 1. The summed E-state index contributed by atoms with van der Waals surface area (Å²) in [7, 11) is 3.07. The van der Waals surface area contributed by atoms with E-state index in [0.717, 1.165) is 0 Å². The molecule has 0 aliphatic carbocycles. The van der Waals surface area contributed by atoms with E-state index in [-0.39, 0.29) is 22.2 Å². The molecule has 1 heterocycles. The summed E-state index contributed by atoms with van der Waals surface area (Å²) >= 11 is 12.4. The van der Waals surface area contributed by atoms with Crippen LogP contribution in [0.25, 0.3) is 5.57 Å². The standard InChI is InChI=1S/C22H22Cl2N2O4/c1-12(2)11-26-21(27)19(17-6-5-13(23)7-18(17)24)20(22(26)28)25-14-8-15(29-3)10-16(9-14)30-4/h5-10,12,25H,11H2,1-4H3. The smallest absolute Gasteiger partial charge is 0.278 e. The molecule has 0 unspecified atom stereocenters. The zero-order valence-corrected chi connectivity index (χ0v) is 18.6. The van der Waals surface area contributed by atoms with Gasteiger partial charge in [-0.3, -0.25) is 14.5 Å². The Morgan fingerprint density at radius 3 is 2.13 bits per heavy atom. The van der Waals surface area contributed by atoms with Crippen molar-refractivity contribution < 1.29 is 19.1 Å². The van der Waals surface area contributed by atoms with Crippen LogP contribution in [0.5, 0.6) is 11.5 Å². The van der Waals surface area contributed by atoms with Crippen LogP contribution < -0.4 is 14.8 Å². The van der Waals surface area contributed by atoms with Gasteiger partial charge in [-0.05, 0) is 18.1 Å². The summed E-state index contributed by atoms with van der Waals surface area (Å²) < 4.78 is 10.6. The summed E-state index contributed by atoms with van der Waals surface area (Å²) in [6.07, 6.45) is 0. The predicted octanol–water partition coefficient (Wildman–Crippen LogP) is 4.86. The Kier molecular flexibility index (Phi) is 6.58. The van der Waals surface area contributed by atoms with Crippen LogP contribution in [-0.4, -0.2) is 37.5 Å². The maximum Gasteiger partial charge on any atom is 0.278 e. The number of hydrogen-bond acceptors (Lipinski definition) is 5. The molecule has 0 saturated carbocycles. The van der Waals surface area contributed by atoms with Crippen molar-refractivity contribution >= 4 is 46.3 Å². The van der Waals surface area contributed by atoms with Crippen molar-refractivity contribution in [2.45, 2.75) is 13.8 Å². The lowest BCUT2D eigenvalue weighted by Crippen LogP contribution is -2.35. The third kappa shape index (κ3) is 4.40. The molecule has 0 radical (unpaired) electrons. The van der Waals surface area contributed by atoms with E-state index >= 15 is 0 Å². The fourth-order valence-corrected chi connectivity index (χ4v) is 3.69. The fourth-order valence-electron chi connectivity index (χ4n) is 3.19. The second-order valence-electron chi connectivity index (χ2n) is 7.22. The first-order chi connectivity index (χ1) is 14.2. The first-order valence-electron chi connectivity index (χ1n) is 9.31. The Bertz CT molecular complexity index is 1010. The second-order valence-corrected chi connectivity index (χ2v) is 8.06. The molecular weight excluding hydrogens is 427 g/mol. The normalized spacial score (nSPS) is 14.0. The zero-order valence-electron chi connectivity index (χ0n) is 17.1. The van der Waals surface area contributed by atoms with Crippen molar-refractivity contribution in [3.8, 4) is 11.5 Å². The highest BCUT2D eigenvalue weighted by Gasteiger charge is 2.40. The van der Waals surface area contributed by atoms with Gasteiger partial charge in [-0.1, -0.05) is 43.1 Å². The van der Waals surface area contributed by atoms with Crippen molar-refractivity contribution in [1.29, 1.82) is 0 Å². The Balaban J connectivity index is 2.13. The van der Waals surface area contributed by atoms with Crippen molar-refractivity contribution in [1.82, 2.24) is 4.90 Å². The molecule has 0 fully saturated rings. The van der Waals surface area contributed by atoms with Crippen molar-refractivity contribution in [3.05, 3.63) is 57.7 Å². The Morgan fingerprint density at radius 2 is 1.60 bits per heavy atom. The molecule has 0 aromatic heterocycles. The van der Waals surface area contributed by atoms with E-state index in [4.69, 9.17) is 32.7 Å². The number of methoxy groups -OCH3 is 2. The van der Waals surface area contributed by atoms with Gasteiger partial charge in [-0.15, -0.1) is 0 Å². The lowest BCUT2D eigenvalue weighted by atomic mass is 10.0. The largest absolute Gasteiger partial charge is 0.497 e. The predicted molar refractivity (Wildman–Crippen MR) is 118 cm³/mol. The highest BCUT2D eigenvalue weighted by molar-refractivity contribution is 6.41. The molecule has 0 bridgehead atoms. The van der Waals surface area contributed by atoms with E-state index in [0.29, 0.717) is 34.3 Å². The number of rotatable bonds is 7. The quantitative estimate of drug-likeness (QED) is 0.612. The molecule has 2 amide bonds. The Morgan fingerprint density at radius 1 is 0.967 bits per heavy atom. The molecule has 158 valence electrons. The summed E-state index contributed by atoms with van der Waals surface area (Å²) in [6, 6.07) is 9.94. The fraction of sp³-hybridized carbons (Fsp3) is 0.273. The van der Waals surface area contributed by atoms with Gasteiger partial charge in [0.15, 0.2) is 0 Å². The molecule has 1 aliphatic rings. The van der Waals surface area contributed by atoms with Crippen molar-refractivity contribution in [2.75, 3.05) is 26.1 Å². The SMILES string of the molecule is COc1cc(NC2=C(c3ccc(Cl)cc3Cl)C(=O)N(CC(C)C)C2=O)cc(OC)c1.